The maximum Gasteiger partial charge on any atom is 0.437 e. The van der Waals surface area contributed by atoms with E-state index in [2.05, 4.69) is 64.0 Å². The van der Waals surface area contributed by atoms with Crippen molar-refractivity contribution in [2.45, 2.75) is 150 Å². The van der Waals surface area contributed by atoms with E-state index in [0.29, 0.717) is 34.9 Å². The first-order valence-corrected chi connectivity index (χ1v) is 25.7. The van der Waals surface area contributed by atoms with E-state index in [4.69, 9.17) is 18.0 Å². The molecule has 4 aromatic carbocycles. The van der Waals surface area contributed by atoms with Crippen molar-refractivity contribution in [3.05, 3.63) is 128 Å². The minimum atomic E-state index is -5.02. The number of ether oxygens (including phenoxy) is 2. The molecule has 362 valence electrons. The van der Waals surface area contributed by atoms with Crippen molar-refractivity contribution in [3.63, 3.8) is 0 Å². The fourth-order valence-electron chi connectivity index (χ4n) is 7.42. The Morgan fingerprint density at radius 3 is 1.17 bits per heavy atom. The van der Waals surface area contributed by atoms with Crippen LogP contribution in [0.2, 0.25) is 0 Å². The molecule has 0 saturated heterocycles. The molecule has 0 unspecified atom stereocenters. The summed E-state index contributed by atoms with van der Waals surface area (Å²) in [6.07, 6.45) is -4.58. The van der Waals surface area contributed by atoms with Gasteiger partial charge in [0.25, 0.3) is 0 Å². The Balaban J connectivity index is 1.33. The SMILES string of the molecule is C/C(=N\OS(=O)(=O)Cc1c(C(C)C)cc(C(C)C)cc1C(C)C)c1ccc(OCCCOc2ccc(/C(=N/OS(=O)(=O)Cc3c(C(C)C)cc(C(C)C)cc3C(C)C)C(F)(F)F)cc2)cc1. The molecule has 0 N–H and O–H groups in total. The van der Waals surface area contributed by atoms with Crippen LogP contribution in [0.4, 0.5) is 13.2 Å². The molecule has 4 aromatic rings. The van der Waals surface area contributed by atoms with Gasteiger partial charge in [0.05, 0.1) is 18.9 Å². The number of oxime groups is 2. The predicted molar refractivity (Wildman–Crippen MR) is 258 cm³/mol. The third-order valence-corrected chi connectivity index (χ3v) is 13.1. The van der Waals surface area contributed by atoms with E-state index in [1.165, 1.54) is 17.7 Å². The normalized spacial score (nSPS) is 13.2. The summed E-state index contributed by atoms with van der Waals surface area (Å²) >= 11 is 0. The first-order valence-electron chi connectivity index (χ1n) is 22.5. The van der Waals surface area contributed by atoms with Gasteiger partial charge >= 0.3 is 26.4 Å². The zero-order chi connectivity index (χ0) is 49.3. The molecule has 0 spiro atoms. The highest BCUT2D eigenvalue weighted by atomic mass is 32.2. The Morgan fingerprint density at radius 2 is 0.848 bits per heavy atom. The van der Waals surface area contributed by atoms with Gasteiger partial charge in [-0.15, -0.1) is 0 Å². The van der Waals surface area contributed by atoms with Crippen molar-refractivity contribution in [2.24, 2.45) is 10.3 Å². The van der Waals surface area contributed by atoms with Crippen LogP contribution in [-0.4, -0.2) is 47.6 Å². The van der Waals surface area contributed by atoms with Crippen molar-refractivity contribution in [2.75, 3.05) is 13.2 Å². The fourth-order valence-corrected chi connectivity index (χ4v) is 9.31. The van der Waals surface area contributed by atoms with Gasteiger partial charge in [-0.1, -0.05) is 118 Å². The van der Waals surface area contributed by atoms with Gasteiger partial charge < -0.3 is 9.47 Å². The van der Waals surface area contributed by atoms with Gasteiger partial charge in [0.15, 0.2) is 5.71 Å². The molecule has 15 heteroatoms. The van der Waals surface area contributed by atoms with Crippen LogP contribution in [0.1, 0.15) is 188 Å². The molecule has 0 amide bonds. The summed E-state index contributed by atoms with van der Waals surface area (Å²) in [4.78, 5) is 0. The number of alkyl halides is 3. The van der Waals surface area contributed by atoms with Crippen molar-refractivity contribution in [1.82, 2.24) is 0 Å². The van der Waals surface area contributed by atoms with Gasteiger partial charge in [-0.2, -0.15) is 30.0 Å². The molecule has 0 aliphatic heterocycles. The highest BCUT2D eigenvalue weighted by Crippen LogP contribution is 2.36. The molecule has 0 aromatic heterocycles. The van der Waals surface area contributed by atoms with E-state index in [1.807, 2.05) is 53.7 Å². The lowest BCUT2D eigenvalue weighted by Crippen LogP contribution is -2.25. The van der Waals surface area contributed by atoms with Gasteiger partial charge in [0, 0.05) is 12.0 Å². The second-order valence-electron chi connectivity index (χ2n) is 18.6. The van der Waals surface area contributed by atoms with Crippen LogP contribution < -0.4 is 9.47 Å². The fraction of sp³-hybridized carbons (Fsp3) is 0.490. The minimum Gasteiger partial charge on any atom is -0.493 e. The average molecular weight is 957 g/mol. The van der Waals surface area contributed by atoms with Gasteiger partial charge in [0.2, 0.25) is 0 Å². The van der Waals surface area contributed by atoms with Gasteiger partial charge in [0.1, 0.15) is 23.0 Å². The lowest BCUT2D eigenvalue weighted by atomic mass is 9.85. The summed E-state index contributed by atoms with van der Waals surface area (Å²) in [5.74, 6) is 0.564. The Kier molecular flexibility index (Phi) is 18.5. The van der Waals surface area contributed by atoms with E-state index in [-0.39, 0.29) is 54.3 Å². The average Bonchev–Trinajstić information content (AvgIpc) is 3.22. The van der Waals surface area contributed by atoms with Crippen LogP contribution in [0.25, 0.3) is 0 Å². The summed E-state index contributed by atoms with van der Waals surface area (Å²) in [6, 6.07) is 19.9. The largest absolute Gasteiger partial charge is 0.493 e. The Hall–Kier alpha value is -4.89. The Bertz CT molecular complexity index is 2490. The quantitative estimate of drug-likeness (QED) is 0.0432. The molecule has 4 rings (SSSR count). The van der Waals surface area contributed by atoms with Crippen LogP contribution >= 0.6 is 0 Å². The highest BCUT2D eigenvalue weighted by Gasteiger charge is 2.39. The summed E-state index contributed by atoms with van der Waals surface area (Å²) in [7, 11) is -8.64. The van der Waals surface area contributed by atoms with Crippen molar-refractivity contribution in [3.8, 4) is 11.5 Å². The standard InChI is InChI=1S/C51H67F3N2O8S2/c1-31(2)40-25-44(33(5)6)48(45(26-40)34(7)8)29-65(57,58)63-55-37(13)38-15-19-42(20-16-38)61-23-14-24-62-43-21-17-39(18-22-43)50(51(52,53)54)56-64-66(59,60)30-49-46(35(9)10)27-41(32(3)4)28-47(49)36(11)12/h15-22,25-28,31-36H,14,23-24,29-30H2,1-13H3/b55-37+,56-50-. The number of hydrogen-bond donors (Lipinski definition) is 0. The molecule has 0 radical (unpaired) electrons. The minimum absolute atomic E-state index is 0.0387. The van der Waals surface area contributed by atoms with Crippen molar-refractivity contribution in [1.29, 1.82) is 0 Å². The van der Waals surface area contributed by atoms with Crippen LogP contribution in [0.3, 0.4) is 0 Å². The smallest absolute Gasteiger partial charge is 0.437 e. The molecule has 0 saturated carbocycles. The van der Waals surface area contributed by atoms with Gasteiger partial charge in [-0.3, -0.25) is 8.57 Å². The van der Waals surface area contributed by atoms with E-state index in [9.17, 15) is 30.0 Å². The van der Waals surface area contributed by atoms with Crippen LogP contribution in [0, 0.1) is 0 Å². The maximum absolute atomic E-state index is 14.2. The Labute approximate surface area is 391 Å². The first-order chi connectivity index (χ1) is 30.7. The van der Waals surface area contributed by atoms with E-state index in [0.717, 1.165) is 45.5 Å². The van der Waals surface area contributed by atoms with Crippen LogP contribution in [-0.2, 0) is 40.3 Å². The number of rotatable bonds is 22. The first kappa shape index (κ1) is 53.7. The monoisotopic (exact) mass is 956 g/mol. The molecular formula is C51H67F3N2O8S2. The predicted octanol–water partition coefficient (Wildman–Crippen LogP) is 13.4. The molecule has 0 aliphatic carbocycles. The summed E-state index contributed by atoms with van der Waals surface area (Å²) in [5.41, 5.74) is 6.16. The van der Waals surface area contributed by atoms with Crippen LogP contribution in [0.15, 0.2) is 83.1 Å². The summed E-state index contributed by atoms with van der Waals surface area (Å²) in [5, 5.41) is 7.11. The summed E-state index contributed by atoms with van der Waals surface area (Å²) in [6.45, 7) is 26.4. The maximum atomic E-state index is 14.2. The molecular weight excluding hydrogens is 890 g/mol. The molecule has 0 heterocycles. The lowest BCUT2D eigenvalue weighted by Gasteiger charge is -2.22. The van der Waals surface area contributed by atoms with Crippen LogP contribution in [0.5, 0.6) is 11.5 Å². The number of hydrogen-bond acceptors (Lipinski definition) is 10. The second-order valence-corrected chi connectivity index (χ2v) is 21.7. The Morgan fingerprint density at radius 1 is 0.515 bits per heavy atom. The molecule has 66 heavy (non-hydrogen) atoms. The molecule has 0 fully saturated rings. The van der Waals surface area contributed by atoms with Crippen molar-refractivity contribution < 1.29 is 48.0 Å². The molecule has 0 atom stereocenters. The molecule has 10 nitrogen and oxygen atoms in total. The van der Waals surface area contributed by atoms with E-state index < -0.39 is 43.4 Å². The van der Waals surface area contributed by atoms with Gasteiger partial charge in [-0.25, -0.2) is 0 Å². The van der Waals surface area contributed by atoms with E-state index in [1.54, 1.807) is 31.2 Å². The van der Waals surface area contributed by atoms with Gasteiger partial charge in [-0.05, 0) is 141 Å². The zero-order valence-corrected chi connectivity index (χ0v) is 42.2. The zero-order valence-electron chi connectivity index (χ0n) is 40.5. The third-order valence-electron chi connectivity index (χ3n) is 11.2. The molecule has 0 bridgehead atoms. The highest BCUT2D eigenvalue weighted by molar-refractivity contribution is 7.86. The number of benzene rings is 4. The lowest BCUT2D eigenvalue weighted by molar-refractivity contribution is -0.0597. The number of nitrogens with zero attached hydrogens (tertiary/aromatic N) is 2. The summed E-state index contributed by atoms with van der Waals surface area (Å²) < 4.78 is 117. The third kappa shape index (κ3) is 15.1. The topological polar surface area (TPSA) is 130 Å². The van der Waals surface area contributed by atoms with E-state index >= 15 is 0 Å². The number of halogens is 3. The van der Waals surface area contributed by atoms with Crippen molar-refractivity contribution >= 4 is 31.7 Å². The second kappa shape index (κ2) is 22.7. The molecule has 0 aliphatic rings.